The standard InChI is InChI=1S/C15H18N4OS/c1-9-2-11-7-19(5-9)6-10(1)14(11)20-15-18-13(8-21-15)12-3-16-17-4-12/h3-4,8-11,14H,1-2,5-7H2,(H,16,17). The van der Waals surface area contributed by atoms with E-state index in [2.05, 4.69) is 25.5 Å². The Labute approximate surface area is 127 Å². The molecule has 6 heteroatoms. The van der Waals surface area contributed by atoms with Crippen molar-refractivity contribution in [1.82, 2.24) is 20.1 Å². The fourth-order valence-corrected chi connectivity index (χ4v) is 5.23. The quantitative estimate of drug-likeness (QED) is 0.945. The maximum Gasteiger partial charge on any atom is 0.274 e. The van der Waals surface area contributed by atoms with E-state index in [1.165, 1.54) is 32.5 Å². The summed E-state index contributed by atoms with van der Waals surface area (Å²) in [6, 6.07) is 0. The van der Waals surface area contributed by atoms with Gasteiger partial charge in [0.05, 0.1) is 11.9 Å². The molecule has 1 saturated carbocycles. The van der Waals surface area contributed by atoms with E-state index in [0.29, 0.717) is 17.9 Å². The van der Waals surface area contributed by atoms with Gasteiger partial charge in [0.2, 0.25) is 0 Å². The van der Waals surface area contributed by atoms with Gasteiger partial charge in [-0.2, -0.15) is 5.10 Å². The molecule has 110 valence electrons. The SMILES string of the molecule is c1n[nH]cc1-c1csc(OC2C3CC4CC2CN(C4)C3)n1. The highest BCUT2D eigenvalue weighted by Gasteiger charge is 2.48. The number of nitrogens with one attached hydrogen (secondary N) is 1. The number of H-pyrrole nitrogens is 1. The molecule has 0 aromatic carbocycles. The first-order chi connectivity index (χ1) is 10.3. The number of hydrogen-bond acceptors (Lipinski definition) is 5. The van der Waals surface area contributed by atoms with Crippen LogP contribution in [-0.4, -0.2) is 45.8 Å². The summed E-state index contributed by atoms with van der Waals surface area (Å²) >= 11 is 1.60. The molecule has 4 aliphatic rings. The van der Waals surface area contributed by atoms with Crippen molar-refractivity contribution in [3.05, 3.63) is 17.8 Å². The van der Waals surface area contributed by atoms with Crippen molar-refractivity contribution in [2.45, 2.75) is 18.9 Å². The number of hydrogen-bond donors (Lipinski definition) is 1. The van der Waals surface area contributed by atoms with Crippen LogP contribution >= 0.6 is 11.3 Å². The fourth-order valence-electron chi connectivity index (χ4n) is 4.51. The fraction of sp³-hybridized carbons (Fsp3) is 0.600. The highest BCUT2D eigenvalue weighted by Crippen LogP contribution is 2.45. The third-order valence-corrected chi connectivity index (χ3v) is 5.95. The van der Waals surface area contributed by atoms with Crippen LogP contribution in [0.15, 0.2) is 17.8 Å². The summed E-state index contributed by atoms with van der Waals surface area (Å²) in [6.07, 6.45) is 6.74. The van der Waals surface area contributed by atoms with E-state index in [9.17, 15) is 0 Å². The lowest BCUT2D eigenvalue weighted by molar-refractivity contribution is -0.0984. The first kappa shape index (κ1) is 12.2. The molecule has 5 nitrogen and oxygen atoms in total. The Morgan fingerprint density at radius 2 is 2.10 bits per heavy atom. The van der Waals surface area contributed by atoms with Gasteiger partial charge in [-0.25, -0.2) is 4.98 Å². The lowest BCUT2D eigenvalue weighted by Gasteiger charge is -2.55. The zero-order valence-corrected chi connectivity index (χ0v) is 12.6. The topological polar surface area (TPSA) is 54.0 Å². The van der Waals surface area contributed by atoms with Gasteiger partial charge in [-0.15, -0.1) is 0 Å². The average molecular weight is 302 g/mol. The molecule has 4 bridgehead atoms. The molecule has 3 aliphatic heterocycles. The zero-order valence-electron chi connectivity index (χ0n) is 11.7. The minimum Gasteiger partial charge on any atom is -0.466 e. The predicted octanol–water partition coefficient (Wildman–Crippen LogP) is 2.25. The normalized spacial score (nSPS) is 37.0. The predicted molar refractivity (Wildman–Crippen MR) is 80.3 cm³/mol. The molecular formula is C15H18N4OS. The Bertz CT molecular complexity index is 610. The van der Waals surface area contributed by atoms with E-state index in [1.54, 1.807) is 17.5 Å². The second-order valence-electron chi connectivity index (χ2n) is 6.64. The second kappa shape index (κ2) is 4.55. The Morgan fingerprint density at radius 3 is 2.81 bits per heavy atom. The molecule has 0 radical (unpaired) electrons. The van der Waals surface area contributed by atoms with Crippen LogP contribution < -0.4 is 4.74 Å². The number of ether oxygens (including phenoxy) is 1. The molecule has 2 aromatic heterocycles. The van der Waals surface area contributed by atoms with Gasteiger partial charge in [0.15, 0.2) is 0 Å². The van der Waals surface area contributed by atoms with Crippen molar-refractivity contribution in [2.24, 2.45) is 17.8 Å². The number of piperidine rings is 3. The summed E-state index contributed by atoms with van der Waals surface area (Å²) in [5.74, 6) is 2.33. The molecule has 2 unspecified atom stereocenters. The summed E-state index contributed by atoms with van der Waals surface area (Å²) in [6.45, 7) is 3.76. The van der Waals surface area contributed by atoms with Crippen molar-refractivity contribution < 1.29 is 4.74 Å². The number of rotatable bonds is 3. The lowest BCUT2D eigenvalue weighted by Crippen LogP contribution is -2.61. The van der Waals surface area contributed by atoms with Gasteiger partial charge in [0.25, 0.3) is 5.19 Å². The minimum absolute atomic E-state index is 0.376. The van der Waals surface area contributed by atoms with E-state index in [0.717, 1.165) is 22.4 Å². The highest BCUT2D eigenvalue weighted by atomic mass is 32.1. The van der Waals surface area contributed by atoms with Crippen LogP contribution in [0.2, 0.25) is 0 Å². The molecule has 2 aromatic rings. The number of aromatic nitrogens is 3. The molecule has 0 spiro atoms. The Balaban J connectivity index is 1.36. The van der Waals surface area contributed by atoms with Gasteiger partial charge < -0.3 is 9.64 Å². The largest absolute Gasteiger partial charge is 0.466 e. The number of nitrogens with zero attached hydrogens (tertiary/aromatic N) is 3. The Kier molecular flexibility index (Phi) is 2.64. The molecule has 2 atom stereocenters. The third kappa shape index (κ3) is 2.00. The van der Waals surface area contributed by atoms with Crippen molar-refractivity contribution >= 4 is 11.3 Å². The van der Waals surface area contributed by atoms with Crippen LogP contribution in [-0.2, 0) is 0 Å². The summed E-state index contributed by atoms with van der Waals surface area (Å²) < 4.78 is 6.32. The Morgan fingerprint density at radius 1 is 1.24 bits per heavy atom. The van der Waals surface area contributed by atoms with E-state index in [1.807, 2.05) is 6.20 Å². The maximum atomic E-state index is 6.32. The van der Waals surface area contributed by atoms with Crippen LogP contribution in [0.25, 0.3) is 11.3 Å². The van der Waals surface area contributed by atoms with Crippen LogP contribution in [0.4, 0.5) is 0 Å². The molecule has 0 amide bonds. The van der Waals surface area contributed by atoms with Gasteiger partial charge in [0, 0.05) is 48.6 Å². The van der Waals surface area contributed by atoms with Crippen LogP contribution in [0.5, 0.6) is 5.19 Å². The molecule has 21 heavy (non-hydrogen) atoms. The van der Waals surface area contributed by atoms with Gasteiger partial charge in [-0.3, -0.25) is 5.10 Å². The summed E-state index contributed by atoms with van der Waals surface area (Å²) in [7, 11) is 0. The average Bonchev–Trinajstić information content (AvgIpc) is 3.13. The maximum absolute atomic E-state index is 6.32. The highest BCUT2D eigenvalue weighted by molar-refractivity contribution is 7.11. The second-order valence-corrected chi connectivity index (χ2v) is 7.46. The summed E-state index contributed by atoms with van der Waals surface area (Å²) in [5, 5.41) is 9.68. The van der Waals surface area contributed by atoms with E-state index in [-0.39, 0.29) is 0 Å². The van der Waals surface area contributed by atoms with Gasteiger partial charge in [0.1, 0.15) is 6.10 Å². The van der Waals surface area contributed by atoms with Crippen molar-refractivity contribution in [1.29, 1.82) is 0 Å². The van der Waals surface area contributed by atoms with Crippen molar-refractivity contribution in [3.8, 4) is 16.5 Å². The molecule has 1 N–H and O–H groups in total. The molecule has 5 heterocycles. The van der Waals surface area contributed by atoms with Gasteiger partial charge in [-0.1, -0.05) is 11.3 Å². The van der Waals surface area contributed by atoms with E-state index < -0.39 is 0 Å². The number of thiazole rings is 1. The third-order valence-electron chi connectivity index (χ3n) is 5.22. The monoisotopic (exact) mass is 302 g/mol. The van der Waals surface area contributed by atoms with Crippen molar-refractivity contribution in [3.63, 3.8) is 0 Å². The van der Waals surface area contributed by atoms with Gasteiger partial charge >= 0.3 is 0 Å². The smallest absolute Gasteiger partial charge is 0.274 e. The zero-order chi connectivity index (χ0) is 13.8. The molecule has 6 rings (SSSR count). The lowest BCUT2D eigenvalue weighted by atomic mass is 9.66. The summed E-state index contributed by atoms with van der Waals surface area (Å²) in [4.78, 5) is 7.26. The van der Waals surface area contributed by atoms with E-state index >= 15 is 0 Å². The molecule has 1 aliphatic carbocycles. The minimum atomic E-state index is 0.376. The van der Waals surface area contributed by atoms with Crippen LogP contribution in [0.3, 0.4) is 0 Å². The van der Waals surface area contributed by atoms with Crippen LogP contribution in [0.1, 0.15) is 12.8 Å². The first-order valence-electron chi connectivity index (χ1n) is 7.69. The first-order valence-corrected chi connectivity index (χ1v) is 8.57. The summed E-state index contributed by atoms with van der Waals surface area (Å²) in [5.41, 5.74) is 1.98. The molecular weight excluding hydrogens is 284 g/mol. The Hall–Kier alpha value is -1.40. The van der Waals surface area contributed by atoms with Gasteiger partial charge in [-0.05, 0) is 18.8 Å². The molecule has 3 saturated heterocycles. The van der Waals surface area contributed by atoms with Crippen molar-refractivity contribution in [2.75, 3.05) is 19.6 Å². The van der Waals surface area contributed by atoms with E-state index in [4.69, 9.17) is 4.74 Å². The molecule has 4 fully saturated rings. The van der Waals surface area contributed by atoms with Crippen LogP contribution in [0, 0.1) is 17.8 Å². The number of aromatic amines is 1.